The van der Waals surface area contributed by atoms with E-state index in [1.54, 1.807) is 0 Å². The van der Waals surface area contributed by atoms with Gasteiger partial charge in [-0.2, -0.15) is 0 Å². The van der Waals surface area contributed by atoms with Gasteiger partial charge in [0.1, 0.15) is 0 Å². The summed E-state index contributed by atoms with van der Waals surface area (Å²) < 4.78 is 0. The van der Waals surface area contributed by atoms with Crippen molar-refractivity contribution in [3.05, 3.63) is 23.5 Å². The summed E-state index contributed by atoms with van der Waals surface area (Å²) in [6.45, 7) is 7.85. The van der Waals surface area contributed by atoms with E-state index < -0.39 is 0 Å². The Kier molecular flexibility index (Phi) is 3.39. The van der Waals surface area contributed by atoms with E-state index in [0.717, 1.165) is 6.42 Å². The molecule has 0 spiro atoms. The highest BCUT2D eigenvalue weighted by Gasteiger charge is 2.07. The summed E-state index contributed by atoms with van der Waals surface area (Å²) in [5.41, 5.74) is 2.96. The third-order valence-electron chi connectivity index (χ3n) is 2.51. The van der Waals surface area contributed by atoms with Gasteiger partial charge in [0.25, 0.3) is 0 Å². The molecule has 0 saturated carbocycles. The molecule has 0 saturated heterocycles. The highest BCUT2D eigenvalue weighted by molar-refractivity contribution is 5.18. The maximum absolute atomic E-state index is 2.36. The molecule has 1 aliphatic heterocycles. The van der Waals surface area contributed by atoms with Crippen LogP contribution in [0.2, 0.25) is 0 Å². The maximum Gasteiger partial charge on any atom is 0.0221 e. The summed E-state index contributed by atoms with van der Waals surface area (Å²) in [7, 11) is 0. The van der Waals surface area contributed by atoms with Crippen molar-refractivity contribution in [1.29, 1.82) is 0 Å². The quantitative estimate of drug-likeness (QED) is 0.620. The van der Waals surface area contributed by atoms with E-state index in [2.05, 4.69) is 37.9 Å². The Bertz CT molecular complexity index is 201. The predicted octanol–water partition coefficient (Wildman–Crippen LogP) is 3.30. The van der Waals surface area contributed by atoms with Crippen LogP contribution in [0.4, 0.5) is 0 Å². The maximum atomic E-state index is 2.36. The first-order chi connectivity index (χ1) is 5.75. The first-order valence-electron chi connectivity index (χ1n) is 4.85. The Morgan fingerprint density at radius 3 is 2.83 bits per heavy atom. The van der Waals surface area contributed by atoms with Gasteiger partial charge in [-0.15, -0.1) is 0 Å². The molecule has 68 valence electrons. The smallest absolute Gasteiger partial charge is 0.0221 e. The Morgan fingerprint density at radius 2 is 2.17 bits per heavy atom. The average molecular weight is 165 g/mol. The van der Waals surface area contributed by atoms with E-state index in [4.69, 9.17) is 0 Å². The zero-order valence-electron chi connectivity index (χ0n) is 8.43. The molecule has 0 aromatic rings. The fourth-order valence-corrected chi connectivity index (χ4v) is 1.43. The van der Waals surface area contributed by atoms with E-state index in [0.29, 0.717) is 0 Å². The van der Waals surface area contributed by atoms with Crippen LogP contribution in [-0.4, -0.2) is 11.4 Å². The van der Waals surface area contributed by atoms with Crippen molar-refractivity contribution in [2.75, 3.05) is 6.54 Å². The van der Waals surface area contributed by atoms with Gasteiger partial charge in [-0.25, -0.2) is 0 Å². The fourth-order valence-electron chi connectivity index (χ4n) is 1.43. The topological polar surface area (TPSA) is 3.24 Å². The highest BCUT2D eigenvalue weighted by atomic mass is 15.1. The van der Waals surface area contributed by atoms with Gasteiger partial charge in [-0.1, -0.05) is 25.0 Å². The molecule has 0 radical (unpaired) electrons. The lowest BCUT2D eigenvalue weighted by Crippen LogP contribution is -2.19. The largest absolute Gasteiger partial charge is 0.352 e. The lowest BCUT2D eigenvalue weighted by molar-refractivity contribution is 0.436. The van der Waals surface area contributed by atoms with Crippen molar-refractivity contribution in [3.63, 3.8) is 0 Å². The molecule has 0 aliphatic carbocycles. The summed E-state index contributed by atoms with van der Waals surface area (Å²) >= 11 is 0. The molecule has 0 fully saturated rings. The molecule has 0 aromatic carbocycles. The van der Waals surface area contributed by atoms with Crippen molar-refractivity contribution in [2.24, 2.45) is 0 Å². The Labute approximate surface area is 75.8 Å². The normalized spacial score (nSPS) is 17.4. The monoisotopic (exact) mass is 165 g/mol. The highest BCUT2D eigenvalue weighted by Crippen LogP contribution is 2.19. The average Bonchev–Trinajstić information content (AvgIpc) is 2.08. The van der Waals surface area contributed by atoms with E-state index in [-0.39, 0.29) is 0 Å². The van der Waals surface area contributed by atoms with Crippen LogP contribution in [0.3, 0.4) is 0 Å². The van der Waals surface area contributed by atoms with E-state index in [9.17, 15) is 0 Å². The molecule has 0 amide bonds. The van der Waals surface area contributed by atoms with Crippen LogP contribution in [0.5, 0.6) is 0 Å². The van der Waals surface area contributed by atoms with E-state index >= 15 is 0 Å². The summed E-state index contributed by atoms with van der Waals surface area (Å²) in [6, 6.07) is 0. The molecule has 1 nitrogen and oxygen atoms in total. The lowest BCUT2D eigenvalue weighted by atomic mass is 10.1. The van der Waals surface area contributed by atoms with Crippen LogP contribution in [0.1, 0.15) is 40.0 Å². The number of allylic oxidation sites excluding steroid dienone is 3. The van der Waals surface area contributed by atoms with Crippen LogP contribution in [0.15, 0.2) is 23.5 Å². The standard InChI is InChI=1S/C11H19N/c1-4-5-8-12-9-6-7-10(2)11(12)3/h6,9H,4-5,7-8H2,1-3H3. The third kappa shape index (κ3) is 2.13. The number of unbranched alkanes of at least 4 members (excludes halogenated alkanes) is 1. The SMILES string of the molecule is CCCCN1C=CCC(C)=C1C. The van der Waals surface area contributed by atoms with Gasteiger partial charge in [0.2, 0.25) is 0 Å². The second-order valence-corrected chi connectivity index (χ2v) is 3.50. The summed E-state index contributed by atoms with van der Waals surface area (Å²) in [6.07, 6.45) is 8.16. The molecule has 1 rings (SSSR count). The Hall–Kier alpha value is -0.720. The molecule has 0 N–H and O–H groups in total. The third-order valence-corrected chi connectivity index (χ3v) is 2.51. The van der Waals surface area contributed by atoms with Crippen LogP contribution in [-0.2, 0) is 0 Å². The van der Waals surface area contributed by atoms with Crippen molar-refractivity contribution in [1.82, 2.24) is 4.90 Å². The van der Waals surface area contributed by atoms with Gasteiger partial charge < -0.3 is 4.90 Å². The summed E-state index contributed by atoms with van der Waals surface area (Å²) in [5.74, 6) is 0. The van der Waals surface area contributed by atoms with Gasteiger partial charge in [-0.3, -0.25) is 0 Å². The van der Waals surface area contributed by atoms with Gasteiger partial charge in [0.05, 0.1) is 0 Å². The Balaban J connectivity index is 2.52. The molecule has 0 bridgehead atoms. The predicted molar refractivity (Wildman–Crippen MR) is 53.7 cm³/mol. The van der Waals surface area contributed by atoms with Gasteiger partial charge in [0, 0.05) is 18.4 Å². The first-order valence-corrected chi connectivity index (χ1v) is 4.85. The molecule has 1 heterocycles. The van der Waals surface area contributed by atoms with Crippen molar-refractivity contribution < 1.29 is 0 Å². The summed E-state index contributed by atoms with van der Waals surface area (Å²) in [4.78, 5) is 2.36. The Morgan fingerprint density at radius 1 is 1.42 bits per heavy atom. The number of hydrogen-bond acceptors (Lipinski definition) is 1. The van der Waals surface area contributed by atoms with E-state index in [1.165, 1.54) is 30.7 Å². The molecular formula is C11H19N. The minimum absolute atomic E-state index is 1.13. The van der Waals surface area contributed by atoms with Crippen LogP contribution >= 0.6 is 0 Å². The van der Waals surface area contributed by atoms with Crippen LogP contribution in [0, 0.1) is 0 Å². The molecule has 0 unspecified atom stereocenters. The second kappa shape index (κ2) is 4.34. The fraction of sp³-hybridized carbons (Fsp3) is 0.636. The van der Waals surface area contributed by atoms with Gasteiger partial charge in [0.15, 0.2) is 0 Å². The molecule has 0 aromatic heterocycles. The minimum atomic E-state index is 1.13. The van der Waals surface area contributed by atoms with Crippen molar-refractivity contribution >= 4 is 0 Å². The molecule has 1 heteroatoms. The minimum Gasteiger partial charge on any atom is -0.352 e. The lowest BCUT2D eigenvalue weighted by Gasteiger charge is -2.26. The van der Waals surface area contributed by atoms with Gasteiger partial charge in [-0.05, 0) is 26.7 Å². The first kappa shape index (κ1) is 9.37. The van der Waals surface area contributed by atoms with E-state index in [1.807, 2.05) is 0 Å². The number of hydrogen-bond donors (Lipinski definition) is 0. The van der Waals surface area contributed by atoms with Crippen molar-refractivity contribution in [2.45, 2.75) is 40.0 Å². The van der Waals surface area contributed by atoms with Crippen LogP contribution < -0.4 is 0 Å². The molecule has 12 heavy (non-hydrogen) atoms. The number of nitrogens with zero attached hydrogens (tertiary/aromatic N) is 1. The van der Waals surface area contributed by atoms with Crippen LogP contribution in [0.25, 0.3) is 0 Å². The molecule has 1 aliphatic rings. The van der Waals surface area contributed by atoms with Gasteiger partial charge >= 0.3 is 0 Å². The number of rotatable bonds is 3. The van der Waals surface area contributed by atoms with Crippen molar-refractivity contribution in [3.8, 4) is 0 Å². The second-order valence-electron chi connectivity index (χ2n) is 3.50. The zero-order chi connectivity index (χ0) is 8.97. The molecular weight excluding hydrogens is 146 g/mol. The molecule has 0 atom stereocenters. The zero-order valence-corrected chi connectivity index (χ0v) is 8.43. The summed E-state index contributed by atoms with van der Waals surface area (Å²) in [5, 5.41) is 0.